The highest BCUT2D eigenvalue weighted by atomic mass is 16.5. The van der Waals surface area contributed by atoms with Gasteiger partial charge in [0.25, 0.3) is 0 Å². The molecule has 4 nitrogen and oxygen atoms in total. The van der Waals surface area contributed by atoms with E-state index >= 15 is 0 Å². The van der Waals surface area contributed by atoms with Crippen LogP contribution in [0, 0.1) is 5.92 Å². The SMILES string of the molecule is C=C(C)C(=O)OC.C=C(C)C(=O)OCC(C)C. The van der Waals surface area contributed by atoms with Gasteiger partial charge in [-0.2, -0.15) is 0 Å². The summed E-state index contributed by atoms with van der Waals surface area (Å²) >= 11 is 0. The van der Waals surface area contributed by atoms with Crippen LogP contribution in [0.25, 0.3) is 0 Å². The van der Waals surface area contributed by atoms with Gasteiger partial charge in [0.2, 0.25) is 0 Å². The molecule has 0 aliphatic heterocycles. The monoisotopic (exact) mass is 242 g/mol. The zero-order valence-corrected chi connectivity index (χ0v) is 11.3. The van der Waals surface area contributed by atoms with Gasteiger partial charge in [-0.05, 0) is 19.8 Å². The molecule has 0 aliphatic rings. The van der Waals surface area contributed by atoms with Crippen molar-refractivity contribution in [2.24, 2.45) is 5.92 Å². The maximum Gasteiger partial charge on any atom is 0.333 e. The van der Waals surface area contributed by atoms with E-state index in [0.29, 0.717) is 23.7 Å². The van der Waals surface area contributed by atoms with Crippen LogP contribution in [0.15, 0.2) is 24.3 Å². The second kappa shape index (κ2) is 9.63. The van der Waals surface area contributed by atoms with Crippen LogP contribution in [0.1, 0.15) is 27.7 Å². The first kappa shape index (κ1) is 17.8. The molecule has 0 unspecified atom stereocenters. The molecule has 0 bridgehead atoms. The van der Waals surface area contributed by atoms with Gasteiger partial charge in [-0.25, -0.2) is 9.59 Å². The largest absolute Gasteiger partial charge is 0.466 e. The Morgan fingerprint density at radius 3 is 1.65 bits per heavy atom. The Morgan fingerprint density at radius 1 is 1.06 bits per heavy atom. The molecule has 0 aromatic carbocycles. The minimum Gasteiger partial charge on any atom is -0.466 e. The Kier molecular flexibility index (Phi) is 10.1. The molecule has 0 saturated heterocycles. The third-order valence-corrected chi connectivity index (χ3v) is 1.43. The topological polar surface area (TPSA) is 52.6 Å². The number of hydrogen-bond donors (Lipinski definition) is 0. The molecule has 0 radical (unpaired) electrons. The van der Waals surface area contributed by atoms with E-state index in [1.54, 1.807) is 13.8 Å². The summed E-state index contributed by atoms with van der Waals surface area (Å²) in [5.41, 5.74) is 0.892. The van der Waals surface area contributed by atoms with Gasteiger partial charge in [-0.3, -0.25) is 0 Å². The molecule has 0 aliphatic carbocycles. The van der Waals surface area contributed by atoms with E-state index in [0.717, 1.165) is 0 Å². The van der Waals surface area contributed by atoms with E-state index in [1.807, 2.05) is 13.8 Å². The van der Waals surface area contributed by atoms with Gasteiger partial charge in [-0.1, -0.05) is 27.0 Å². The van der Waals surface area contributed by atoms with E-state index in [9.17, 15) is 9.59 Å². The third kappa shape index (κ3) is 12.4. The fourth-order valence-corrected chi connectivity index (χ4v) is 0.540. The molecule has 0 N–H and O–H groups in total. The van der Waals surface area contributed by atoms with Crippen LogP contribution in [0.3, 0.4) is 0 Å². The second-order valence-corrected chi connectivity index (χ2v) is 4.04. The normalized spacial score (nSPS) is 8.82. The molecule has 0 aromatic rings. The minimum atomic E-state index is -0.347. The quantitative estimate of drug-likeness (QED) is 0.561. The summed E-state index contributed by atoms with van der Waals surface area (Å²) in [6, 6.07) is 0. The van der Waals surface area contributed by atoms with Crippen molar-refractivity contribution < 1.29 is 19.1 Å². The Bertz CT molecular complexity index is 290. The van der Waals surface area contributed by atoms with Crippen molar-refractivity contribution in [3.63, 3.8) is 0 Å². The lowest BCUT2D eigenvalue weighted by atomic mass is 10.2. The predicted molar refractivity (Wildman–Crippen MR) is 67.4 cm³/mol. The van der Waals surface area contributed by atoms with Crippen LogP contribution < -0.4 is 0 Å². The Morgan fingerprint density at radius 2 is 1.47 bits per heavy atom. The van der Waals surface area contributed by atoms with Crippen molar-refractivity contribution in [3.8, 4) is 0 Å². The molecule has 0 amide bonds. The number of esters is 2. The van der Waals surface area contributed by atoms with Crippen LogP contribution in [0.4, 0.5) is 0 Å². The van der Waals surface area contributed by atoms with Gasteiger partial charge < -0.3 is 9.47 Å². The summed E-state index contributed by atoms with van der Waals surface area (Å²) in [5, 5.41) is 0. The molecule has 0 heterocycles. The van der Waals surface area contributed by atoms with Crippen molar-refractivity contribution >= 4 is 11.9 Å². The van der Waals surface area contributed by atoms with Crippen LogP contribution in [-0.2, 0) is 19.1 Å². The summed E-state index contributed by atoms with van der Waals surface area (Å²) < 4.78 is 9.10. The molecular weight excluding hydrogens is 220 g/mol. The van der Waals surface area contributed by atoms with Gasteiger partial charge in [-0.15, -0.1) is 0 Å². The van der Waals surface area contributed by atoms with Gasteiger partial charge in [0.05, 0.1) is 13.7 Å². The molecule has 0 saturated carbocycles. The maximum atomic E-state index is 10.7. The zero-order chi connectivity index (χ0) is 14.0. The number of ether oxygens (including phenoxy) is 2. The van der Waals surface area contributed by atoms with E-state index in [1.165, 1.54) is 7.11 Å². The molecular formula is C13H22O4. The van der Waals surface area contributed by atoms with Crippen molar-refractivity contribution in [3.05, 3.63) is 24.3 Å². The lowest BCUT2D eigenvalue weighted by molar-refractivity contribution is -0.140. The standard InChI is InChI=1S/C8H14O2.C5H8O2/c1-6(2)5-10-8(9)7(3)4;1-4(2)5(6)7-3/h6H,3,5H2,1-2,4H3;1H2,2-3H3. The van der Waals surface area contributed by atoms with Crippen LogP contribution in [-0.4, -0.2) is 25.7 Å². The number of carbonyl (C=O) groups excluding carboxylic acids is 2. The smallest absolute Gasteiger partial charge is 0.333 e. The Hall–Kier alpha value is -1.58. The Balaban J connectivity index is 0. The van der Waals surface area contributed by atoms with Gasteiger partial charge >= 0.3 is 11.9 Å². The van der Waals surface area contributed by atoms with E-state index < -0.39 is 0 Å². The Labute approximate surface area is 103 Å². The first-order valence-electron chi connectivity index (χ1n) is 5.28. The lowest BCUT2D eigenvalue weighted by Crippen LogP contribution is -2.09. The molecule has 0 rings (SSSR count). The van der Waals surface area contributed by atoms with Gasteiger partial charge in [0.15, 0.2) is 0 Å². The second-order valence-electron chi connectivity index (χ2n) is 4.04. The molecule has 0 atom stereocenters. The molecule has 98 valence electrons. The summed E-state index contributed by atoms with van der Waals surface area (Å²) in [7, 11) is 1.33. The zero-order valence-electron chi connectivity index (χ0n) is 11.3. The summed E-state index contributed by atoms with van der Waals surface area (Å²) in [4.78, 5) is 20.9. The van der Waals surface area contributed by atoms with Gasteiger partial charge in [0.1, 0.15) is 0 Å². The van der Waals surface area contributed by atoms with Crippen molar-refractivity contribution in [2.75, 3.05) is 13.7 Å². The van der Waals surface area contributed by atoms with Crippen LogP contribution >= 0.6 is 0 Å². The average Bonchev–Trinajstić information content (AvgIpc) is 2.24. The fourth-order valence-electron chi connectivity index (χ4n) is 0.540. The minimum absolute atomic E-state index is 0.297. The highest BCUT2D eigenvalue weighted by Gasteiger charge is 2.03. The van der Waals surface area contributed by atoms with Crippen molar-refractivity contribution in [1.82, 2.24) is 0 Å². The van der Waals surface area contributed by atoms with E-state index in [4.69, 9.17) is 4.74 Å². The lowest BCUT2D eigenvalue weighted by Gasteiger charge is -2.05. The predicted octanol–water partition coefficient (Wildman–Crippen LogP) is 2.50. The summed E-state index contributed by atoms with van der Waals surface area (Å²) in [6.07, 6.45) is 0. The van der Waals surface area contributed by atoms with Crippen molar-refractivity contribution in [2.45, 2.75) is 27.7 Å². The molecule has 4 heteroatoms. The number of hydrogen-bond acceptors (Lipinski definition) is 4. The number of carbonyl (C=O) groups is 2. The highest BCUT2D eigenvalue weighted by Crippen LogP contribution is 1.97. The summed E-state index contributed by atoms with van der Waals surface area (Å²) in [6.45, 7) is 14.5. The molecule has 0 aromatic heterocycles. The average molecular weight is 242 g/mol. The summed E-state index contributed by atoms with van der Waals surface area (Å²) in [5.74, 6) is -0.253. The number of methoxy groups -OCH3 is 1. The third-order valence-electron chi connectivity index (χ3n) is 1.43. The fraction of sp³-hybridized carbons (Fsp3) is 0.538. The van der Waals surface area contributed by atoms with Crippen LogP contribution in [0.2, 0.25) is 0 Å². The molecule has 0 fully saturated rings. The number of rotatable bonds is 4. The van der Waals surface area contributed by atoms with E-state index in [2.05, 4.69) is 17.9 Å². The molecule has 0 spiro atoms. The van der Waals surface area contributed by atoms with Crippen molar-refractivity contribution in [1.29, 1.82) is 0 Å². The molecule has 17 heavy (non-hydrogen) atoms. The van der Waals surface area contributed by atoms with Gasteiger partial charge in [0, 0.05) is 11.1 Å². The first-order chi connectivity index (χ1) is 7.72. The maximum absolute atomic E-state index is 10.7. The van der Waals surface area contributed by atoms with E-state index in [-0.39, 0.29) is 11.9 Å². The first-order valence-corrected chi connectivity index (χ1v) is 5.28. The van der Waals surface area contributed by atoms with Crippen LogP contribution in [0.5, 0.6) is 0 Å². The highest BCUT2D eigenvalue weighted by molar-refractivity contribution is 5.87.